The van der Waals surface area contributed by atoms with Crippen molar-refractivity contribution >= 4 is 12.6 Å². The zero-order valence-corrected chi connectivity index (χ0v) is 10.4. The lowest BCUT2D eigenvalue weighted by molar-refractivity contribution is 0.117. The molecule has 0 amide bonds. The molecule has 0 aliphatic heterocycles. The minimum absolute atomic E-state index is 0.511. The van der Waals surface area contributed by atoms with Gasteiger partial charge in [-0.1, -0.05) is 50.5 Å². The van der Waals surface area contributed by atoms with Crippen molar-refractivity contribution in [3.05, 3.63) is 29.8 Å². The molecule has 0 spiro atoms. The first-order valence-electron chi connectivity index (χ1n) is 6.26. The number of hydrogen-bond donors (Lipinski definition) is 2. The Bertz CT molecular complexity index is 315. The molecule has 1 aromatic carbocycles. The van der Waals surface area contributed by atoms with Crippen LogP contribution in [0, 0.1) is 0 Å². The van der Waals surface area contributed by atoms with E-state index in [0.29, 0.717) is 12.1 Å². The summed E-state index contributed by atoms with van der Waals surface area (Å²) in [5, 5.41) is 18.1. The van der Waals surface area contributed by atoms with Crippen LogP contribution in [0.1, 0.15) is 38.2 Å². The molecule has 3 nitrogen and oxygen atoms in total. The zero-order chi connectivity index (χ0) is 12.5. The van der Waals surface area contributed by atoms with Crippen LogP contribution in [-0.2, 0) is 11.3 Å². The molecule has 0 aromatic heterocycles. The normalized spacial score (nSPS) is 10.5. The van der Waals surface area contributed by atoms with Crippen molar-refractivity contribution in [2.75, 3.05) is 6.61 Å². The predicted octanol–water partition coefficient (Wildman–Crippen LogP) is 1.46. The summed E-state index contributed by atoms with van der Waals surface area (Å²) in [6, 6.07) is 7.19. The van der Waals surface area contributed by atoms with Crippen molar-refractivity contribution in [1.82, 2.24) is 0 Å². The summed E-state index contributed by atoms with van der Waals surface area (Å²) in [6.07, 6.45) is 4.80. The summed E-state index contributed by atoms with van der Waals surface area (Å²) in [6.45, 7) is 3.49. The van der Waals surface area contributed by atoms with Gasteiger partial charge < -0.3 is 14.8 Å². The summed E-state index contributed by atoms with van der Waals surface area (Å²) in [5.41, 5.74) is 1.49. The third-order valence-electron chi connectivity index (χ3n) is 2.66. The standard InChI is InChI=1S/C13H21BO3/c1-2-3-4-5-9-17-11-12-7-6-8-13(10-12)14(15)16/h6-8,10,15-16H,2-5,9,11H2,1H3. The number of unbranched alkanes of at least 4 members (excludes halogenated alkanes) is 3. The maximum atomic E-state index is 9.03. The Morgan fingerprint density at radius 1 is 1.18 bits per heavy atom. The molecule has 0 saturated heterocycles. The van der Waals surface area contributed by atoms with Crippen molar-refractivity contribution in [2.24, 2.45) is 0 Å². The van der Waals surface area contributed by atoms with Gasteiger partial charge in [-0.05, 0) is 17.4 Å². The monoisotopic (exact) mass is 236 g/mol. The van der Waals surface area contributed by atoms with Crippen LogP contribution in [0.5, 0.6) is 0 Å². The third kappa shape index (κ3) is 5.87. The van der Waals surface area contributed by atoms with E-state index >= 15 is 0 Å². The van der Waals surface area contributed by atoms with Gasteiger partial charge in [-0.2, -0.15) is 0 Å². The van der Waals surface area contributed by atoms with Crippen LogP contribution in [0.3, 0.4) is 0 Å². The van der Waals surface area contributed by atoms with Crippen LogP contribution in [0.25, 0.3) is 0 Å². The molecular weight excluding hydrogens is 215 g/mol. The van der Waals surface area contributed by atoms with Crippen LogP contribution in [0.4, 0.5) is 0 Å². The van der Waals surface area contributed by atoms with E-state index in [-0.39, 0.29) is 0 Å². The highest BCUT2D eigenvalue weighted by atomic mass is 16.5. The summed E-state index contributed by atoms with van der Waals surface area (Å²) < 4.78 is 5.54. The Labute approximate surface area is 104 Å². The fourth-order valence-electron chi connectivity index (χ4n) is 1.66. The first-order chi connectivity index (χ1) is 8.24. The first-order valence-corrected chi connectivity index (χ1v) is 6.26. The van der Waals surface area contributed by atoms with Crippen molar-refractivity contribution in [3.8, 4) is 0 Å². The van der Waals surface area contributed by atoms with E-state index in [4.69, 9.17) is 14.8 Å². The van der Waals surface area contributed by atoms with Gasteiger partial charge in [0.2, 0.25) is 0 Å². The van der Waals surface area contributed by atoms with Gasteiger partial charge in [0.1, 0.15) is 0 Å². The van der Waals surface area contributed by atoms with E-state index in [1.807, 2.05) is 12.1 Å². The molecule has 0 saturated carbocycles. The second-order valence-electron chi connectivity index (χ2n) is 4.23. The molecule has 4 heteroatoms. The third-order valence-corrected chi connectivity index (χ3v) is 2.66. The molecule has 0 aliphatic rings. The van der Waals surface area contributed by atoms with Crippen LogP contribution in [0.2, 0.25) is 0 Å². The minimum Gasteiger partial charge on any atom is -0.423 e. The highest BCUT2D eigenvalue weighted by Crippen LogP contribution is 2.03. The van der Waals surface area contributed by atoms with Gasteiger partial charge in [0.25, 0.3) is 0 Å². The molecule has 0 atom stereocenters. The molecular formula is C13H21BO3. The Morgan fingerprint density at radius 2 is 2.00 bits per heavy atom. The quantitative estimate of drug-likeness (QED) is 0.530. The van der Waals surface area contributed by atoms with Gasteiger partial charge in [0, 0.05) is 6.61 Å². The van der Waals surface area contributed by atoms with Crippen molar-refractivity contribution in [3.63, 3.8) is 0 Å². The fraction of sp³-hybridized carbons (Fsp3) is 0.538. The van der Waals surface area contributed by atoms with Gasteiger partial charge in [0.05, 0.1) is 6.61 Å². The van der Waals surface area contributed by atoms with E-state index < -0.39 is 7.12 Å². The molecule has 0 fully saturated rings. The van der Waals surface area contributed by atoms with E-state index in [0.717, 1.165) is 18.6 Å². The SMILES string of the molecule is CCCCCCOCc1cccc(B(O)O)c1. The van der Waals surface area contributed by atoms with Gasteiger partial charge in [-0.3, -0.25) is 0 Å². The molecule has 0 heterocycles. The van der Waals surface area contributed by atoms with E-state index in [9.17, 15) is 0 Å². The Hall–Kier alpha value is -0.835. The zero-order valence-electron chi connectivity index (χ0n) is 10.4. The average molecular weight is 236 g/mol. The van der Waals surface area contributed by atoms with Crippen molar-refractivity contribution < 1.29 is 14.8 Å². The van der Waals surface area contributed by atoms with Gasteiger partial charge in [-0.25, -0.2) is 0 Å². The maximum absolute atomic E-state index is 9.03. The smallest absolute Gasteiger partial charge is 0.423 e. The lowest BCUT2D eigenvalue weighted by Crippen LogP contribution is -2.29. The van der Waals surface area contributed by atoms with Crippen molar-refractivity contribution in [1.29, 1.82) is 0 Å². The average Bonchev–Trinajstić information content (AvgIpc) is 2.34. The van der Waals surface area contributed by atoms with Crippen molar-refractivity contribution in [2.45, 2.75) is 39.2 Å². The molecule has 0 aliphatic carbocycles. The topological polar surface area (TPSA) is 49.7 Å². The minimum atomic E-state index is -1.40. The number of rotatable bonds is 8. The van der Waals surface area contributed by atoms with E-state index in [1.165, 1.54) is 19.3 Å². The number of ether oxygens (including phenoxy) is 1. The molecule has 0 bridgehead atoms. The Kier molecular flexibility index (Phi) is 6.93. The van der Waals surface area contributed by atoms with Gasteiger partial charge >= 0.3 is 7.12 Å². The molecule has 1 rings (SSSR count). The highest BCUT2D eigenvalue weighted by Gasteiger charge is 2.10. The molecule has 17 heavy (non-hydrogen) atoms. The second kappa shape index (κ2) is 8.28. The second-order valence-corrected chi connectivity index (χ2v) is 4.23. The molecule has 1 aromatic rings. The number of hydrogen-bond acceptors (Lipinski definition) is 3. The maximum Gasteiger partial charge on any atom is 0.488 e. The van der Waals surface area contributed by atoms with E-state index in [2.05, 4.69) is 6.92 Å². The first kappa shape index (κ1) is 14.2. The Balaban J connectivity index is 2.24. The van der Waals surface area contributed by atoms with Crippen LogP contribution in [0.15, 0.2) is 24.3 Å². The summed E-state index contributed by atoms with van der Waals surface area (Å²) in [5.74, 6) is 0. The summed E-state index contributed by atoms with van der Waals surface area (Å²) in [4.78, 5) is 0. The van der Waals surface area contributed by atoms with Crippen LogP contribution in [-0.4, -0.2) is 23.8 Å². The largest absolute Gasteiger partial charge is 0.488 e. The molecule has 0 unspecified atom stereocenters. The van der Waals surface area contributed by atoms with Crippen LogP contribution < -0.4 is 5.46 Å². The summed E-state index contributed by atoms with van der Waals surface area (Å²) in [7, 11) is -1.40. The van der Waals surface area contributed by atoms with Gasteiger partial charge in [0.15, 0.2) is 0 Å². The van der Waals surface area contributed by atoms with Crippen LogP contribution >= 0.6 is 0 Å². The fourth-order valence-corrected chi connectivity index (χ4v) is 1.66. The lowest BCUT2D eigenvalue weighted by Gasteiger charge is -2.06. The Morgan fingerprint density at radius 3 is 2.71 bits per heavy atom. The predicted molar refractivity (Wildman–Crippen MR) is 70.1 cm³/mol. The summed E-state index contributed by atoms with van der Waals surface area (Å²) >= 11 is 0. The highest BCUT2D eigenvalue weighted by molar-refractivity contribution is 6.58. The molecule has 0 radical (unpaired) electrons. The number of benzene rings is 1. The van der Waals surface area contributed by atoms with E-state index in [1.54, 1.807) is 12.1 Å². The van der Waals surface area contributed by atoms with Gasteiger partial charge in [-0.15, -0.1) is 0 Å². The molecule has 94 valence electrons. The molecule has 2 N–H and O–H groups in total. The lowest BCUT2D eigenvalue weighted by atomic mass is 9.80.